The third-order valence-electron chi connectivity index (χ3n) is 5.64. The molecule has 4 rings (SSSR count). The number of hydrogen-bond acceptors (Lipinski definition) is 5. The third kappa shape index (κ3) is 6.44. The molecule has 0 fully saturated rings. The minimum atomic E-state index is -0.422. The zero-order valence-corrected chi connectivity index (χ0v) is 21.8. The number of carbonyl (C=O) groups is 2. The highest BCUT2D eigenvalue weighted by Gasteiger charge is 2.30. The third-order valence-corrected chi connectivity index (χ3v) is 6.37. The maximum absolute atomic E-state index is 12.5. The Morgan fingerprint density at radius 3 is 2.44 bits per heavy atom. The van der Waals surface area contributed by atoms with Crippen molar-refractivity contribution >= 4 is 46.7 Å². The van der Waals surface area contributed by atoms with Crippen molar-refractivity contribution in [3.8, 4) is 17.2 Å². The number of fused-ring (bicyclic) bond motifs is 1. The quantitative estimate of drug-likeness (QED) is 0.312. The van der Waals surface area contributed by atoms with Gasteiger partial charge in [0.1, 0.15) is 17.2 Å². The maximum Gasteiger partial charge on any atom is 0.313 e. The van der Waals surface area contributed by atoms with E-state index < -0.39 is 5.92 Å². The lowest BCUT2D eigenvalue weighted by Crippen LogP contribution is -2.25. The molecule has 0 saturated heterocycles. The molecule has 6 nitrogen and oxygen atoms in total. The number of hydrogen-bond donors (Lipinski definition) is 1. The van der Waals surface area contributed by atoms with Crippen LogP contribution in [0.3, 0.4) is 0 Å². The molecule has 0 bridgehead atoms. The Labute approximate surface area is 224 Å². The van der Waals surface area contributed by atoms with Crippen LogP contribution < -0.4 is 14.8 Å². The van der Waals surface area contributed by atoms with Crippen molar-refractivity contribution in [2.75, 3.05) is 19.8 Å². The van der Waals surface area contributed by atoms with E-state index in [1.54, 1.807) is 49.4 Å². The number of esters is 1. The summed E-state index contributed by atoms with van der Waals surface area (Å²) in [6, 6.07) is 15.4. The molecular weight excluding hydrogens is 525 g/mol. The van der Waals surface area contributed by atoms with Crippen LogP contribution in [0.15, 0.2) is 54.6 Å². The van der Waals surface area contributed by atoms with Crippen molar-refractivity contribution in [2.45, 2.75) is 25.7 Å². The first-order valence-corrected chi connectivity index (χ1v) is 12.6. The highest BCUT2D eigenvalue weighted by atomic mass is 35.5. The zero-order valence-electron chi connectivity index (χ0n) is 19.5. The number of amides is 1. The number of carbonyl (C=O) groups excluding carboxylic acids is 2. The molecule has 1 N–H and O–H groups in total. The minimum Gasteiger partial charge on any atom is -0.493 e. The molecule has 36 heavy (non-hydrogen) atoms. The fourth-order valence-electron chi connectivity index (χ4n) is 3.93. The van der Waals surface area contributed by atoms with Crippen LogP contribution in [0, 0.1) is 0 Å². The van der Waals surface area contributed by atoms with Crippen LogP contribution in [0.25, 0.3) is 0 Å². The Morgan fingerprint density at radius 2 is 1.75 bits per heavy atom. The summed E-state index contributed by atoms with van der Waals surface area (Å²) < 4.78 is 16.8. The first-order chi connectivity index (χ1) is 17.3. The normalized spacial score (nSPS) is 14.4. The molecule has 188 valence electrons. The summed E-state index contributed by atoms with van der Waals surface area (Å²) in [7, 11) is 0. The van der Waals surface area contributed by atoms with Crippen LogP contribution >= 0.6 is 34.8 Å². The summed E-state index contributed by atoms with van der Waals surface area (Å²) in [4.78, 5) is 24.8. The Kier molecular flexibility index (Phi) is 8.62. The van der Waals surface area contributed by atoms with Gasteiger partial charge in [0, 0.05) is 33.8 Å². The van der Waals surface area contributed by atoms with Crippen LogP contribution in [-0.2, 0) is 16.0 Å². The minimum absolute atomic E-state index is 0.208. The van der Waals surface area contributed by atoms with Crippen molar-refractivity contribution in [3.05, 3.63) is 86.4 Å². The van der Waals surface area contributed by atoms with Crippen LogP contribution in [0.5, 0.6) is 17.2 Å². The summed E-state index contributed by atoms with van der Waals surface area (Å²) >= 11 is 18.5. The van der Waals surface area contributed by atoms with Gasteiger partial charge < -0.3 is 19.5 Å². The first-order valence-electron chi connectivity index (χ1n) is 11.5. The van der Waals surface area contributed by atoms with E-state index in [1.807, 2.05) is 12.1 Å². The SMILES string of the molecule is CCOC(=O)C1CCOc2cc(Oc3ccc(C(=O)NCCc4cc(Cl)cc(Cl)c4)cc3)c(Cl)cc21. The number of ether oxygens (including phenoxy) is 3. The number of halogens is 3. The molecule has 3 aromatic carbocycles. The predicted octanol–water partition coefficient (Wildman–Crippen LogP) is 6.84. The van der Waals surface area contributed by atoms with Crippen LogP contribution in [0.2, 0.25) is 15.1 Å². The predicted molar refractivity (Wildman–Crippen MR) is 140 cm³/mol. The fourth-order valence-corrected chi connectivity index (χ4v) is 4.72. The van der Waals surface area contributed by atoms with E-state index in [9.17, 15) is 9.59 Å². The van der Waals surface area contributed by atoms with Gasteiger partial charge in [-0.05, 0) is 73.9 Å². The largest absolute Gasteiger partial charge is 0.493 e. The second-order valence-corrected chi connectivity index (χ2v) is 9.45. The van der Waals surface area contributed by atoms with Crippen molar-refractivity contribution in [1.29, 1.82) is 0 Å². The van der Waals surface area contributed by atoms with Gasteiger partial charge in [0.15, 0.2) is 0 Å². The molecule has 1 unspecified atom stereocenters. The van der Waals surface area contributed by atoms with E-state index >= 15 is 0 Å². The monoisotopic (exact) mass is 547 g/mol. The van der Waals surface area contributed by atoms with Crippen molar-refractivity contribution in [2.24, 2.45) is 0 Å². The standard InChI is InChI=1S/C27H24Cl3NO5/c1-2-34-27(33)21-8-10-35-24-15-25(23(30)14-22(21)24)36-20-5-3-17(4-6-20)26(32)31-9-7-16-11-18(28)13-19(29)12-16/h3-6,11-15,21H,2,7-10H2,1H3,(H,31,32). The summed E-state index contributed by atoms with van der Waals surface area (Å²) in [5, 5.41) is 4.34. The van der Waals surface area contributed by atoms with Gasteiger partial charge in [-0.15, -0.1) is 0 Å². The number of nitrogens with one attached hydrogen (secondary N) is 1. The zero-order chi connectivity index (χ0) is 25.7. The smallest absolute Gasteiger partial charge is 0.313 e. The Hall–Kier alpha value is -2.93. The van der Waals surface area contributed by atoms with Crippen LogP contribution in [-0.4, -0.2) is 31.6 Å². The van der Waals surface area contributed by atoms with E-state index in [0.29, 0.717) is 76.0 Å². The Balaban J connectivity index is 1.38. The van der Waals surface area contributed by atoms with Gasteiger partial charge in [0.2, 0.25) is 0 Å². The lowest BCUT2D eigenvalue weighted by molar-refractivity contribution is -0.145. The van der Waals surface area contributed by atoms with E-state index in [-0.39, 0.29) is 11.9 Å². The molecule has 1 aliphatic rings. The average molecular weight is 549 g/mol. The van der Waals surface area contributed by atoms with Crippen LogP contribution in [0.1, 0.15) is 40.7 Å². The molecular formula is C27H24Cl3NO5. The Bertz CT molecular complexity index is 1240. The van der Waals surface area contributed by atoms with Gasteiger partial charge in [0.05, 0.1) is 24.2 Å². The second kappa shape index (κ2) is 11.9. The molecule has 0 aliphatic carbocycles. The topological polar surface area (TPSA) is 73.9 Å². The maximum atomic E-state index is 12.5. The van der Waals surface area contributed by atoms with Gasteiger partial charge in [0.25, 0.3) is 5.91 Å². The van der Waals surface area contributed by atoms with E-state index in [4.69, 9.17) is 49.0 Å². The van der Waals surface area contributed by atoms with Crippen molar-refractivity contribution < 1.29 is 23.8 Å². The van der Waals surface area contributed by atoms with Gasteiger partial charge >= 0.3 is 5.97 Å². The average Bonchev–Trinajstić information content (AvgIpc) is 2.84. The van der Waals surface area contributed by atoms with Gasteiger partial charge in [-0.1, -0.05) is 34.8 Å². The number of rotatable bonds is 8. The van der Waals surface area contributed by atoms with Gasteiger partial charge in [-0.25, -0.2) is 0 Å². The van der Waals surface area contributed by atoms with E-state index in [1.165, 1.54) is 0 Å². The van der Waals surface area contributed by atoms with Gasteiger partial charge in [-0.2, -0.15) is 0 Å². The molecule has 0 radical (unpaired) electrons. The highest BCUT2D eigenvalue weighted by molar-refractivity contribution is 6.34. The summed E-state index contributed by atoms with van der Waals surface area (Å²) in [5.41, 5.74) is 2.11. The molecule has 1 atom stereocenters. The second-order valence-electron chi connectivity index (χ2n) is 8.17. The molecule has 1 heterocycles. The molecule has 1 aliphatic heterocycles. The lowest BCUT2D eigenvalue weighted by atomic mass is 9.93. The molecule has 9 heteroatoms. The van der Waals surface area contributed by atoms with Gasteiger partial charge in [-0.3, -0.25) is 9.59 Å². The summed E-state index contributed by atoms with van der Waals surface area (Å²) in [6.07, 6.45) is 1.13. The van der Waals surface area contributed by atoms with E-state index in [0.717, 1.165) is 5.56 Å². The van der Waals surface area contributed by atoms with Crippen molar-refractivity contribution in [3.63, 3.8) is 0 Å². The summed E-state index contributed by atoms with van der Waals surface area (Å²) in [6.45, 7) is 2.91. The Morgan fingerprint density at radius 1 is 1.03 bits per heavy atom. The van der Waals surface area contributed by atoms with E-state index in [2.05, 4.69) is 5.32 Å². The fraction of sp³-hybridized carbons (Fsp3) is 0.259. The molecule has 1 amide bonds. The molecule has 0 spiro atoms. The molecule has 0 aromatic heterocycles. The molecule has 0 saturated carbocycles. The van der Waals surface area contributed by atoms with Crippen molar-refractivity contribution in [1.82, 2.24) is 5.32 Å². The van der Waals surface area contributed by atoms with Crippen LogP contribution in [0.4, 0.5) is 0 Å². The first kappa shape index (κ1) is 26.1. The number of benzene rings is 3. The molecule has 3 aromatic rings. The lowest BCUT2D eigenvalue weighted by Gasteiger charge is -2.25. The summed E-state index contributed by atoms with van der Waals surface area (Å²) in [5.74, 6) is 0.499. The highest BCUT2D eigenvalue weighted by Crippen LogP contribution is 2.42.